The zero-order chi connectivity index (χ0) is 15.5. The molecule has 0 atom stereocenters. The maximum atomic E-state index is 12.0. The molecule has 1 aliphatic rings. The number of carboxylic acid groups (broad SMARTS) is 1. The van der Waals surface area contributed by atoms with Crippen LogP contribution in [0.15, 0.2) is 42.5 Å². The average molecular weight is 298 g/mol. The van der Waals surface area contributed by atoms with Crippen molar-refractivity contribution in [3.05, 3.63) is 53.6 Å². The van der Waals surface area contributed by atoms with Crippen molar-refractivity contribution in [3.63, 3.8) is 0 Å². The van der Waals surface area contributed by atoms with E-state index < -0.39 is 5.97 Å². The number of nitrogens with one attached hydrogen (secondary N) is 2. The fourth-order valence-corrected chi connectivity index (χ4v) is 2.39. The highest BCUT2D eigenvalue weighted by Crippen LogP contribution is 2.35. The zero-order valence-corrected chi connectivity index (χ0v) is 11.6. The second-order valence-electron chi connectivity index (χ2n) is 4.82. The summed E-state index contributed by atoms with van der Waals surface area (Å²) in [5, 5.41) is 14.6. The second kappa shape index (κ2) is 5.77. The van der Waals surface area contributed by atoms with Crippen molar-refractivity contribution in [1.82, 2.24) is 0 Å². The Bertz CT molecular complexity index is 728. The molecule has 2 aromatic carbocycles. The summed E-state index contributed by atoms with van der Waals surface area (Å²) in [6, 6.07) is 11.7. The summed E-state index contributed by atoms with van der Waals surface area (Å²) in [5.74, 6) is -0.705. The SMILES string of the molecule is O=C(Nc1ccccc1)Nc1ccc(C(=O)O)c2c1CCO2. The number of carbonyl (C=O) groups is 2. The number of fused-ring (bicyclic) bond motifs is 1. The van der Waals surface area contributed by atoms with Gasteiger partial charge in [0, 0.05) is 23.4 Å². The predicted molar refractivity (Wildman–Crippen MR) is 81.7 cm³/mol. The van der Waals surface area contributed by atoms with E-state index in [1.807, 2.05) is 18.2 Å². The van der Waals surface area contributed by atoms with Gasteiger partial charge < -0.3 is 20.5 Å². The minimum Gasteiger partial charge on any atom is -0.492 e. The number of urea groups is 1. The molecular formula is C16H14N2O4. The number of carboxylic acids is 1. The van der Waals surface area contributed by atoms with Crippen LogP contribution >= 0.6 is 0 Å². The number of amides is 2. The Labute approximate surface area is 126 Å². The molecule has 0 aromatic heterocycles. The summed E-state index contributed by atoms with van der Waals surface area (Å²) in [5.41, 5.74) is 2.06. The van der Waals surface area contributed by atoms with E-state index >= 15 is 0 Å². The molecule has 3 rings (SSSR count). The second-order valence-corrected chi connectivity index (χ2v) is 4.82. The van der Waals surface area contributed by atoms with Gasteiger partial charge in [0.1, 0.15) is 11.3 Å². The van der Waals surface area contributed by atoms with Gasteiger partial charge in [0.05, 0.1) is 6.61 Å². The van der Waals surface area contributed by atoms with Gasteiger partial charge in [-0.05, 0) is 24.3 Å². The Kier molecular flexibility index (Phi) is 3.65. The van der Waals surface area contributed by atoms with Crippen molar-refractivity contribution in [1.29, 1.82) is 0 Å². The topological polar surface area (TPSA) is 87.7 Å². The van der Waals surface area contributed by atoms with Crippen molar-refractivity contribution >= 4 is 23.4 Å². The zero-order valence-electron chi connectivity index (χ0n) is 11.6. The Balaban J connectivity index is 1.80. The predicted octanol–water partition coefficient (Wildman–Crippen LogP) is 2.96. The van der Waals surface area contributed by atoms with Gasteiger partial charge in [-0.15, -0.1) is 0 Å². The van der Waals surface area contributed by atoms with Crippen LogP contribution in [-0.2, 0) is 6.42 Å². The molecule has 3 N–H and O–H groups in total. The van der Waals surface area contributed by atoms with Crippen molar-refractivity contribution in [3.8, 4) is 5.75 Å². The molecule has 6 heteroatoms. The molecule has 0 fully saturated rings. The van der Waals surface area contributed by atoms with Gasteiger partial charge in [-0.3, -0.25) is 0 Å². The molecule has 1 aliphatic heterocycles. The minimum atomic E-state index is -1.04. The first-order valence-corrected chi connectivity index (χ1v) is 6.80. The summed E-state index contributed by atoms with van der Waals surface area (Å²) in [7, 11) is 0. The van der Waals surface area contributed by atoms with Gasteiger partial charge in [0.2, 0.25) is 0 Å². The van der Waals surface area contributed by atoms with Gasteiger partial charge in [-0.25, -0.2) is 9.59 Å². The smallest absolute Gasteiger partial charge is 0.339 e. The summed E-state index contributed by atoms with van der Waals surface area (Å²) < 4.78 is 5.38. The lowest BCUT2D eigenvalue weighted by Crippen LogP contribution is -2.20. The highest BCUT2D eigenvalue weighted by Gasteiger charge is 2.24. The number of hydrogen-bond donors (Lipinski definition) is 3. The van der Waals surface area contributed by atoms with Crippen LogP contribution in [0.2, 0.25) is 0 Å². The molecule has 0 saturated carbocycles. The number of aromatic carboxylic acids is 1. The Morgan fingerprint density at radius 1 is 1.05 bits per heavy atom. The molecule has 2 amide bonds. The molecule has 0 spiro atoms. The fraction of sp³-hybridized carbons (Fsp3) is 0.125. The van der Waals surface area contributed by atoms with Crippen molar-refractivity contribution in [2.24, 2.45) is 0 Å². The lowest BCUT2D eigenvalue weighted by atomic mass is 10.1. The standard InChI is InChI=1S/C16H14N2O4/c19-15(20)12-6-7-13(11-8-9-22-14(11)12)18-16(21)17-10-4-2-1-3-5-10/h1-7H,8-9H2,(H,19,20)(H2,17,18,21). The van der Waals surface area contributed by atoms with Crippen LogP contribution in [0.4, 0.5) is 16.2 Å². The van der Waals surface area contributed by atoms with Crippen LogP contribution in [0.5, 0.6) is 5.75 Å². The molecule has 0 radical (unpaired) electrons. The molecule has 112 valence electrons. The third-order valence-electron chi connectivity index (χ3n) is 3.37. The molecule has 22 heavy (non-hydrogen) atoms. The maximum Gasteiger partial charge on any atom is 0.339 e. The van der Waals surface area contributed by atoms with Gasteiger partial charge in [0.15, 0.2) is 0 Å². The van der Waals surface area contributed by atoms with Gasteiger partial charge in [-0.2, -0.15) is 0 Å². The number of hydrogen-bond acceptors (Lipinski definition) is 3. The number of para-hydroxylation sites is 1. The first-order chi connectivity index (χ1) is 10.6. The summed E-state index contributed by atoms with van der Waals surface area (Å²) in [6.07, 6.45) is 0.567. The fourth-order valence-electron chi connectivity index (χ4n) is 2.39. The van der Waals surface area contributed by atoms with E-state index in [-0.39, 0.29) is 11.6 Å². The van der Waals surface area contributed by atoms with Crippen LogP contribution in [0.3, 0.4) is 0 Å². The van der Waals surface area contributed by atoms with Crippen molar-refractivity contribution in [2.75, 3.05) is 17.2 Å². The van der Waals surface area contributed by atoms with Gasteiger partial charge in [-0.1, -0.05) is 18.2 Å². The number of anilines is 2. The summed E-state index contributed by atoms with van der Waals surface area (Å²) in [4.78, 5) is 23.2. The highest BCUT2D eigenvalue weighted by molar-refractivity contribution is 6.01. The van der Waals surface area contributed by atoms with E-state index in [0.717, 1.165) is 0 Å². The Morgan fingerprint density at radius 2 is 1.82 bits per heavy atom. The number of carbonyl (C=O) groups excluding carboxylic acids is 1. The number of ether oxygens (including phenoxy) is 1. The highest BCUT2D eigenvalue weighted by atomic mass is 16.5. The maximum absolute atomic E-state index is 12.0. The van der Waals surface area contributed by atoms with Crippen molar-refractivity contribution < 1.29 is 19.4 Å². The monoisotopic (exact) mass is 298 g/mol. The van der Waals surface area contributed by atoms with Crippen LogP contribution in [0, 0.1) is 0 Å². The lowest BCUT2D eigenvalue weighted by molar-refractivity contribution is 0.0693. The van der Waals surface area contributed by atoms with E-state index in [4.69, 9.17) is 9.84 Å². The van der Waals surface area contributed by atoms with Gasteiger partial charge >= 0.3 is 12.0 Å². The normalized spacial score (nSPS) is 12.2. The van der Waals surface area contributed by atoms with E-state index in [2.05, 4.69) is 10.6 Å². The van der Waals surface area contributed by atoms with E-state index in [9.17, 15) is 9.59 Å². The van der Waals surface area contributed by atoms with E-state index in [1.165, 1.54) is 6.07 Å². The molecule has 0 aliphatic carbocycles. The van der Waals surface area contributed by atoms with E-state index in [1.54, 1.807) is 18.2 Å². The van der Waals surface area contributed by atoms with Gasteiger partial charge in [0.25, 0.3) is 0 Å². The number of benzene rings is 2. The Morgan fingerprint density at radius 3 is 2.55 bits per heavy atom. The number of rotatable bonds is 3. The molecule has 0 bridgehead atoms. The molecule has 0 saturated heterocycles. The van der Waals surface area contributed by atoms with Crippen LogP contribution < -0.4 is 15.4 Å². The molecule has 1 heterocycles. The molecule has 0 unspecified atom stereocenters. The van der Waals surface area contributed by atoms with E-state index in [0.29, 0.717) is 35.7 Å². The van der Waals surface area contributed by atoms with Crippen LogP contribution in [-0.4, -0.2) is 23.7 Å². The third kappa shape index (κ3) is 2.71. The first-order valence-electron chi connectivity index (χ1n) is 6.80. The van der Waals surface area contributed by atoms with Crippen molar-refractivity contribution in [2.45, 2.75) is 6.42 Å². The van der Waals surface area contributed by atoms with Crippen LogP contribution in [0.1, 0.15) is 15.9 Å². The van der Waals surface area contributed by atoms with Crippen LogP contribution in [0.25, 0.3) is 0 Å². The molecular weight excluding hydrogens is 284 g/mol. The molecule has 2 aromatic rings. The first kappa shape index (κ1) is 13.9. The largest absolute Gasteiger partial charge is 0.492 e. The molecule has 6 nitrogen and oxygen atoms in total. The Hall–Kier alpha value is -3.02. The average Bonchev–Trinajstić information content (AvgIpc) is 2.98. The summed E-state index contributed by atoms with van der Waals surface area (Å²) in [6.45, 7) is 0.411. The lowest BCUT2D eigenvalue weighted by Gasteiger charge is -2.12. The summed E-state index contributed by atoms with van der Waals surface area (Å²) >= 11 is 0. The quantitative estimate of drug-likeness (QED) is 0.813. The minimum absolute atomic E-state index is 0.113. The third-order valence-corrected chi connectivity index (χ3v) is 3.37.